The quantitative estimate of drug-likeness (QED) is 0.480. The number of ether oxygens (including phenoxy) is 1. The molecule has 0 spiro atoms. The molecule has 0 aromatic heterocycles. The molecule has 2 amide bonds. The number of nitrogens with one attached hydrogen (secondary N) is 1. The van der Waals surface area contributed by atoms with Crippen molar-refractivity contribution in [2.45, 2.75) is 31.1 Å². The first kappa shape index (κ1) is 24.7. The number of hydrazone groups is 1. The second-order valence-electron chi connectivity index (χ2n) is 8.85. The lowest BCUT2D eigenvalue weighted by Gasteiger charge is -2.23. The first-order valence-corrected chi connectivity index (χ1v) is 12.7. The Hall–Kier alpha value is -3.98. The first-order chi connectivity index (χ1) is 17.9. The van der Waals surface area contributed by atoms with Gasteiger partial charge in [-0.1, -0.05) is 41.6 Å². The van der Waals surface area contributed by atoms with Crippen LogP contribution in [0, 0.1) is 12.7 Å². The SMILES string of the molecule is COc1ccc(C2=NN(C3=NC(=O)[C@@H](CC(=O)Nc4ccc(C)cc4)S3)[C@@H](c3ccc(F)cc3)C2)cc1. The van der Waals surface area contributed by atoms with Crippen molar-refractivity contribution < 1.29 is 18.7 Å². The summed E-state index contributed by atoms with van der Waals surface area (Å²) >= 11 is 1.23. The lowest BCUT2D eigenvalue weighted by atomic mass is 9.98. The van der Waals surface area contributed by atoms with E-state index in [9.17, 15) is 14.0 Å². The number of aliphatic imine (C=N–C) groups is 1. The number of amides is 2. The number of nitrogens with zero attached hydrogens (tertiary/aromatic N) is 3. The van der Waals surface area contributed by atoms with Gasteiger partial charge >= 0.3 is 0 Å². The number of benzene rings is 3. The van der Waals surface area contributed by atoms with E-state index < -0.39 is 5.25 Å². The smallest absolute Gasteiger partial charge is 0.262 e. The number of anilines is 1. The van der Waals surface area contributed by atoms with Crippen molar-refractivity contribution in [3.8, 4) is 5.75 Å². The van der Waals surface area contributed by atoms with Gasteiger partial charge in [-0.25, -0.2) is 9.40 Å². The number of thioether (sulfide) groups is 1. The number of halogens is 1. The van der Waals surface area contributed by atoms with Gasteiger partial charge < -0.3 is 10.1 Å². The van der Waals surface area contributed by atoms with Gasteiger partial charge in [0.2, 0.25) is 5.91 Å². The summed E-state index contributed by atoms with van der Waals surface area (Å²) in [4.78, 5) is 29.6. The van der Waals surface area contributed by atoms with E-state index in [-0.39, 0.29) is 30.1 Å². The first-order valence-electron chi connectivity index (χ1n) is 11.8. The van der Waals surface area contributed by atoms with E-state index in [1.54, 1.807) is 24.3 Å². The standard InChI is InChI=1S/C28H25FN4O3S/c1-17-3-11-21(12-4-17)30-26(34)16-25-27(35)31-28(37-25)33-24(19-5-9-20(29)10-6-19)15-23(32-33)18-7-13-22(36-2)14-8-18/h3-14,24-25H,15-16H2,1-2H3,(H,30,34)/t24-,25-/m1/s1. The summed E-state index contributed by atoms with van der Waals surface area (Å²) < 4.78 is 18.9. The number of carbonyl (C=O) groups is 2. The Balaban J connectivity index is 1.35. The van der Waals surface area contributed by atoms with Crippen LogP contribution in [0.4, 0.5) is 10.1 Å². The van der Waals surface area contributed by atoms with Crippen LogP contribution in [-0.4, -0.2) is 40.1 Å². The molecule has 0 bridgehead atoms. The van der Waals surface area contributed by atoms with E-state index >= 15 is 0 Å². The molecule has 1 N–H and O–H groups in total. The van der Waals surface area contributed by atoms with Crippen molar-refractivity contribution >= 4 is 40.1 Å². The van der Waals surface area contributed by atoms with Crippen LogP contribution < -0.4 is 10.1 Å². The van der Waals surface area contributed by atoms with Crippen molar-refractivity contribution in [2.24, 2.45) is 10.1 Å². The summed E-state index contributed by atoms with van der Waals surface area (Å²) in [5.74, 6) is -0.218. The van der Waals surface area contributed by atoms with Crippen LogP contribution >= 0.6 is 11.8 Å². The fraction of sp³-hybridized carbons (Fsp3) is 0.214. The van der Waals surface area contributed by atoms with Gasteiger partial charge in [0.05, 0.1) is 18.9 Å². The minimum Gasteiger partial charge on any atom is -0.497 e. The molecule has 3 aromatic rings. The van der Waals surface area contributed by atoms with Gasteiger partial charge in [-0.2, -0.15) is 10.1 Å². The van der Waals surface area contributed by atoms with Crippen LogP contribution in [0.5, 0.6) is 5.75 Å². The van der Waals surface area contributed by atoms with Crippen molar-refractivity contribution in [3.05, 3.63) is 95.3 Å². The van der Waals surface area contributed by atoms with Gasteiger partial charge in [0, 0.05) is 18.5 Å². The van der Waals surface area contributed by atoms with Crippen LogP contribution in [0.1, 0.15) is 35.6 Å². The molecule has 0 aliphatic carbocycles. The van der Waals surface area contributed by atoms with E-state index in [1.165, 1.54) is 23.9 Å². The average Bonchev–Trinajstić information content (AvgIpc) is 3.50. The number of rotatable bonds is 6. The summed E-state index contributed by atoms with van der Waals surface area (Å²) in [7, 11) is 1.61. The van der Waals surface area contributed by atoms with Crippen LogP contribution in [-0.2, 0) is 9.59 Å². The Bertz CT molecular complexity index is 1370. The lowest BCUT2D eigenvalue weighted by Crippen LogP contribution is -2.25. The van der Waals surface area contributed by atoms with Gasteiger partial charge in [0.15, 0.2) is 5.17 Å². The van der Waals surface area contributed by atoms with Gasteiger partial charge in [0.25, 0.3) is 5.91 Å². The third-order valence-electron chi connectivity index (χ3n) is 6.22. The van der Waals surface area contributed by atoms with Crippen LogP contribution in [0.3, 0.4) is 0 Å². The molecule has 37 heavy (non-hydrogen) atoms. The number of amidine groups is 1. The van der Waals surface area contributed by atoms with Crippen LogP contribution in [0.25, 0.3) is 0 Å². The van der Waals surface area contributed by atoms with Crippen molar-refractivity contribution in [1.82, 2.24) is 5.01 Å². The monoisotopic (exact) mass is 516 g/mol. The van der Waals surface area contributed by atoms with Gasteiger partial charge in [-0.05, 0) is 66.6 Å². The predicted molar refractivity (Wildman–Crippen MR) is 143 cm³/mol. The third kappa shape index (κ3) is 5.56. The normalized spacial score (nSPS) is 19.0. The number of hydrogen-bond acceptors (Lipinski definition) is 6. The van der Waals surface area contributed by atoms with E-state index in [0.29, 0.717) is 17.3 Å². The van der Waals surface area contributed by atoms with Crippen molar-refractivity contribution in [1.29, 1.82) is 0 Å². The van der Waals surface area contributed by atoms with Crippen LogP contribution in [0.2, 0.25) is 0 Å². The zero-order chi connectivity index (χ0) is 25.9. The number of methoxy groups -OCH3 is 1. The van der Waals surface area contributed by atoms with Gasteiger partial charge in [0.1, 0.15) is 16.8 Å². The Kier molecular flexibility index (Phi) is 7.05. The zero-order valence-corrected chi connectivity index (χ0v) is 21.2. The highest BCUT2D eigenvalue weighted by Gasteiger charge is 2.39. The van der Waals surface area contributed by atoms with Crippen molar-refractivity contribution in [2.75, 3.05) is 12.4 Å². The lowest BCUT2D eigenvalue weighted by molar-refractivity contribution is -0.121. The minimum atomic E-state index is -0.644. The number of aryl methyl sites for hydroxylation is 1. The fourth-order valence-electron chi connectivity index (χ4n) is 4.21. The van der Waals surface area contributed by atoms with E-state index in [4.69, 9.17) is 9.84 Å². The molecule has 2 heterocycles. The molecule has 2 aliphatic rings. The second kappa shape index (κ2) is 10.6. The molecule has 0 unspecified atom stereocenters. The van der Waals surface area contributed by atoms with Gasteiger partial charge in [-0.3, -0.25) is 9.59 Å². The Morgan fingerprint density at radius 3 is 2.46 bits per heavy atom. The summed E-state index contributed by atoms with van der Waals surface area (Å²) in [6, 6.07) is 21.0. The third-order valence-corrected chi connectivity index (χ3v) is 7.36. The highest BCUT2D eigenvalue weighted by atomic mass is 32.2. The molecule has 0 saturated carbocycles. The molecular weight excluding hydrogens is 491 g/mol. The topological polar surface area (TPSA) is 83.4 Å². The van der Waals surface area contributed by atoms with Crippen LogP contribution in [0.15, 0.2) is 82.9 Å². The molecule has 9 heteroatoms. The fourth-order valence-corrected chi connectivity index (χ4v) is 5.27. The maximum absolute atomic E-state index is 13.6. The molecule has 188 valence electrons. The summed E-state index contributed by atoms with van der Waals surface area (Å²) in [5.41, 5.74) is 4.35. The molecular formula is C28H25FN4O3S. The maximum atomic E-state index is 13.6. The molecule has 3 aromatic carbocycles. The van der Waals surface area contributed by atoms with Gasteiger partial charge in [-0.15, -0.1) is 0 Å². The second-order valence-corrected chi connectivity index (χ2v) is 10.0. The summed E-state index contributed by atoms with van der Waals surface area (Å²) in [6.07, 6.45) is 0.540. The average molecular weight is 517 g/mol. The summed E-state index contributed by atoms with van der Waals surface area (Å²) in [6.45, 7) is 1.97. The molecule has 7 nitrogen and oxygen atoms in total. The molecule has 0 saturated heterocycles. The summed E-state index contributed by atoms with van der Waals surface area (Å²) in [5, 5.41) is 9.15. The van der Waals surface area contributed by atoms with E-state index in [1.807, 2.05) is 55.5 Å². The Labute approximate surface area is 218 Å². The largest absolute Gasteiger partial charge is 0.497 e. The Morgan fingerprint density at radius 2 is 1.78 bits per heavy atom. The minimum absolute atomic E-state index is 0.00547. The molecule has 2 aliphatic heterocycles. The molecule has 0 fully saturated rings. The molecule has 2 atom stereocenters. The van der Waals surface area contributed by atoms with Crippen molar-refractivity contribution in [3.63, 3.8) is 0 Å². The van der Waals surface area contributed by atoms with E-state index in [0.717, 1.165) is 28.2 Å². The predicted octanol–water partition coefficient (Wildman–Crippen LogP) is 5.32. The Morgan fingerprint density at radius 1 is 1.08 bits per heavy atom. The highest BCUT2D eigenvalue weighted by Crippen LogP contribution is 2.38. The molecule has 0 radical (unpaired) electrons. The zero-order valence-electron chi connectivity index (χ0n) is 20.3. The van der Waals surface area contributed by atoms with E-state index in [2.05, 4.69) is 10.3 Å². The number of carbonyl (C=O) groups excluding carboxylic acids is 2. The maximum Gasteiger partial charge on any atom is 0.262 e. The highest BCUT2D eigenvalue weighted by molar-refractivity contribution is 8.15. The number of hydrogen-bond donors (Lipinski definition) is 1. The molecule has 5 rings (SSSR count).